The van der Waals surface area contributed by atoms with E-state index in [1.54, 1.807) is 33.4 Å². The van der Waals surface area contributed by atoms with Crippen molar-refractivity contribution >= 4 is 11.9 Å². The molecule has 1 aliphatic rings. The molecule has 1 aliphatic heterocycles. The predicted molar refractivity (Wildman–Crippen MR) is 148 cm³/mol. The third-order valence-electron chi connectivity index (χ3n) is 6.24. The summed E-state index contributed by atoms with van der Waals surface area (Å²) in [6.07, 6.45) is 3.49. The van der Waals surface area contributed by atoms with Crippen LogP contribution in [-0.2, 0) is 32.2 Å². The molecule has 0 amide bonds. The van der Waals surface area contributed by atoms with Crippen molar-refractivity contribution in [2.75, 3.05) is 20.3 Å². The molecule has 4 rings (SSSR count). The summed E-state index contributed by atoms with van der Waals surface area (Å²) >= 11 is 0. The van der Waals surface area contributed by atoms with Crippen LogP contribution in [0.25, 0.3) is 0 Å². The van der Waals surface area contributed by atoms with Crippen molar-refractivity contribution < 1.29 is 28.5 Å². The van der Waals surface area contributed by atoms with Gasteiger partial charge in [-0.05, 0) is 54.8 Å². The molecule has 7 heteroatoms. The topological polar surface area (TPSA) is 74.3 Å². The van der Waals surface area contributed by atoms with Crippen LogP contribution >= 0.6 is 0 Å². The van der Waals surface area contributed by atoms with Crippen molar-refractivity contribution in [1.82, 2.24) is 4.90 Å². The van der Waals surface area contributed by atoms with Gasteiger partial charge in [0, 0.05) is 18.9 Å². The maximum Gasteiger partial charge on any atom is 0.336 e. The van der Waals surface area contributed by atoms with Gasteiger partial charge < -0.3 is 23.8 Å². The van der Waals surface area contributed by atoms with E-state index in [-0.39, 0.29) is 13.2 Å². The Bertz CT molecular complexity index is 1280. The number of nitrogens with zero attached hydrogens (tertiary/aromatic N) is 1. The number of methoxy groups -OCH3 is 1. The highest BCUT2D eigenvalue weighted by Crippen LogP contribution is 2.38. The van der Waals surface area contributed by atoms with Crippen LogP contribution < -0.4 is 9.47 Å². The summed E-state index contributed by atoms with van der Waals surface area (Å²) in [5.41, 5.74) is 3.51. The maximum atomic E-state index is 13.2. The van der Waals surface area contributed by atoms with Gasteiger partial charge >= 0.3 is 11.9 Å². The molecule has 0 N–H and O–H groups in total. The Balaban J connectivity index is 1.64. The van der Waals surface area contributed by atoms with Crippen molar-refractivity contribution in [1.29, 1.82) is 0 Å². The molecule has 0 unspecified atom stereocenters. The molecule has 0 atom stereocenters. The van der Waals surface area contributed by atoms with Gasteiger partial charge in [0.2, 0.25) is 0 Å². The molecule has 1 heterocycles. The van der Waals surface area contributed by atoms with E-state index in [1.165, 1.54) is 0 Å². The third kappa shape index (κ3) is 7.08. The van der Waals surface area contributed by atoms with Gasteiger partial charge in [-0.3, -0.25) is 0 Å². The first-order valence-corrected chi connectivity index (χ1v) is 12.9. The van der Waals surface area contributed by atoms with E-state index in [4.69, 9.17) is 18.9 Å². The summed E-state index contributed by atoms with van der Waals surface area (Å²) in [6.45, 7) is 4.82. The van der Waals surface area contributed by atoms with E-state index in [1.807, 2.05) is 83.8 Å². The average molecular weight is 528 g/mol. The molecule has 0 saturated carbocycles. The van der Waals surface area contributed by atoms with E-state index in [0.29, 0.717) is 30.0 Å². The number of rotatable bonds is 11. The fourth-order valence-corrected chi connectivity index (χ4v) is 4.37. The number of carbonyl (C=O) groups is 2. The van der Waals surface area contributed by atoms with Crippen molar-refractivity contribution in [3.8, 4) is 11.5 Å². The van der Waals surface area contributed by atoms with Gasteiger partial charge in [0.05, 0.1) is 37.4 Å². The lowest BCUT2D eigenvalue weighted by molar-refractivity contribution is -0.139. The summed E-state index contributed by atoms with van der Waals surface area (Å²) in [5, 5.41) is 0. The Kier molecular flexibility index (Phi) is 9.40. The molecule has 0 aromatic heterocycles. The van der Waals surface area contributed by atoms with E-state index >= 15 is 0 Å². The van der Waals surface area contributed by atoms with E-state index in [2.05, 4.69) is 0 Å². The van der Waals surface area contributed by atoms with Crippen LogP contribution in [0, 0.1) is 0 Å². The maximum absolute atomic E-state index is 13.2. The van der Waals surface area contributed by atoms with Crippen LogP contribution in [0.3, 0.4) is 0 Å². The lowest BCUT2D eigenvalue weighted by atomic mass is 9.83. The highest BCUT2D eigenvalue weighted by atomic mass is 16.5. The molecule has 39 heavy (non-hydrogen) atoms. The second kappa shape index (κ2) is 13.3. The number of hydrogen-bond acceptors (Lipinski definition) is 7. The summed E-state index contributed by atoms with van der Waals surface area (Å²) < 4.78 is 22.0. The van der Waals surface area contributed by atoms with Crippen LogP contribution in [0.4, 0.5) is 0 Å². The molecule has 0 fully saturated rings. The smallest absolute Gasteiger partial charge is 0.336 e. The minimum Gasteiger partial charge on any atom is -0.497 e. The average Bonchev–Trinajstić information content (AvgIpc) is 2.97. The Hall–Kier alpha value is -4.52. The Morgan fingerprint density at radius 1 is 0.718 bits per heavy atom. The number of carbonyl (C=O) groups excluding carboxylic acids is 2. The minimum atomic E-state index is -0.654. The largest absolute Gasteiger partial charge is 0.497 e. The third-order valence-corrected chi connectivity index (χ3v) is 6.24. The highest BCUT2D eigenvalue weighted by Gasteiger charge is 2.35. The first-order valence-electron chi connectivity index (χ1n) is 12.9. The fourth-order valence-electron chi connectivity index (χ4n) is 4.37. The Morgan fingerprint density at radius 3 is 1.82 bits per heavy atom. The van der Waals surface area contributed by atoms with Crippen molar-refractivity contribution in [2.24, 2.45) is 0 Å². The molecule has 0 spiro atoms. The predicted octanol–water partition coefficient (Wildman–Crippen LogP) is 5.77. The van der Waals surface area contributed by atoms with Gasteiger partial charge in [-0.2, -0.15) is 0 Å². The molecular formula is C32H33NO6. The highest BCUT2D eigenvalue weighted by molar-refractivity contribution is 5.98. The lowest BCUT2D eigenvalue weighted by Gasteiger charge is -2.30. The molecule has 0 aliphatic carbocycles. The molecular weight excluding hydrogens is 494 g/mol. The van der Waals surface area contributed by atoms with E-state index < -0.39 is 17.9 Å². The summed E-state index contributed by atoms with van der Waals surface area (Å²) in [6, 6.07) is 24.9. The van der Waals surface area contributed by atoms with Crippen molar-refractivity contribution in [3.05, 3.63) is 119 Å². The number of benzene rings is 3. The van der Waals surface area contributed by atoms with Crippen LogP contribution in [0.5, 0.6) is 11.5 Å². The van der Waals surface area contributed by atoms with Gasteiger partial charge in [-0.25, -0.2) is 9.59 Å². The number of ether oxygens (including phenoxy) is 4. The van der Waals surface area contributed by atoms with Gasteiger partial charge in [0.25, 0.3) is 0 Å². The molecule has 202 valence electrons. The first-order chi connectivity index (χ1) is 19.0. The zero-order valence-corrected chi connectivity index (χ0v) is 22.5. The minimum absolute atomic E-state index is 0.214. The number of esters is 2. The Morgan fingerprint density at radius 2 is 1.28 bits per heavy atom. The van der Waals surface area contributed by atoms with Crippen LogP contribution in [0.15, 0.2) is 102 Å². The molecule has 3 aromatic rings. The van der Waals surface area contributed by atoms with Crippen molar-refractivity contribution in [3.63, 3.8) is 0 Å². The van der Waals surface area contributed by atoms with Gasteiger partial charge in [0.15, 0.2) is 0 Å². The SMILES string of the molecule is CCOC(=O)C1=CN(Cc2ccc(OC)cc2)C=C(C(=O)OCC)C1c1ccc(OCc2ccccc2)cc1. The summed E-state index contributed by atoms with van der Waals surface area (Å²) in [4.78, 5) is 28.2. The molecule has 7 nitrogen and oxygen atoms in total. The van der Waals surface area contributed by atoms with Gasteiger partial charge in [-0.15, -0.1) is 0 Å². The van der Waals surface area contributed by atoms with Crippen LogP contribution in [0.1, 0.15) is 36.5 Å². The van der Waals surface area contributed by atoms with E-state index in [9.17, 15) is 9.59 Å². The molecule has 0 bridgehead atoms. The molecule has 3 aromatic carbocycles. The zero-order chi connectivity index (χ0) is 27.6. The monoisotopic (exact) mass is 527 g/mol. The fraction of sp³-hybridized carbons (Fsp3) is 0.250. The first kappa shape index (κ1) is 27.5. The van der Waals surface area contributed by atoms with Crippen LogP contribution in [-0.4, -0.2) is 37.2 Å². The second-order valence-corrected chi connectivity index (χ2v) is 8.91. The van der Waals surface area contributed by atoms with Gasteiger partial charge in [-0.1, -0.05) is 54.6 Å². The second-order valence-electron chi connectivity index (χ2n) is 8.91. The lowest BCUT2D eigenvalue weighted by Crippen LogP contribution is -2.29. The van der Waals surface area contributed by atoms with E-state index in [0.717, 1.165) is 22.4 Å². The normalized spacial score (nSPS) is 13.3. The standard InChI is InChI=1S/C32H33NO6/c1-4-37-31(34)28-20-33(19-23-11-15-26(36-3)16-12-23)21-29(32(35)38-5-2)30(28)25-13-17-27(18-14-25)39-22-24-9-7-6-8-10-24/h6-18,20-21,30H,4-5,19,22H2,1-3H3. The zero-order valence-electron chi connectivity index (χ0n) is 22.5. The van der Waals surface area contributed by atoms with Crippen LogP contribution in [0.2, 0.25) is 0 Å². The number of hydrogen-bond donors (Lipinski definition) is 0. The molecule has 0 radical (unpaired) electrons. The molecule has 0 saturated heterocycles. The summed E-state index contributed by atoms with van der Waals surface area (Å²) in [5.74, 6) is -0.191. The Labute approximate surface area is 229 Å². The summed E-state index contributed by atoms with van der Waals surface area (Å²) in [7, 11) is 1.62. The van der Waals surface area contributed by atoms with Crippen molar-refractivity contribution in [2.45, 2.75) is 32.9 Å². The quantitative estimate of drug-likeness (QED) is 0.293. The van der Waals surface area contributed by atoms with Gasteiger partial charge in [0.1, 0.15) is 18.1 Å².